The van der Waals surface area contributed by atoms with E-state index < -0.39 is 8.07 Å². The van der Waals surface area contributed by atoms with Crippen molar-refractivity contribution in [2.75, 3.05) is 7.11 Å². The van der Waals surface area contributed by atoms with Crippen LogP contribution in [0.4, 0.5) is 0 Å². The third-order valence-electron chi connectivity index (χ3n) is 14.3. The van der Waals surface area contributed by atoms with Gasteiger partial charge in [0.05, 0.1) is 15.2 Å². The van der Waals surface area contributed by atoms with Crippen LogP contribution >= 0.6 is 0 Å². The molecule has 0 bridgehead atoms. The molecular formula is C59H82OSi. The van der Waals surface area contributed by atoms with Crippen molar-refractivity contribution in [2.24, 2.45) is 0 Å². The molecule has 0 aromatic heterocycles. The van der Waals surface area contributed by atoms with Crippen LogP contribution in [-0.2, 0) is 27.1 Å². The lowest BCUT2D eigenvalue weighted by atomic mass is 9.77. The molecule has 3 aromatic rings. The van der Waals surface area contributed by atoms with Crippen LogP contribution in [-0.4, -0.2) is 15.2 Å². The van der Waals surface area contributed by atoms with E-state index in [0.29, 0.717) is 11.1 Å². The fourth-order valence-corrected chi connectivity index (χ4v) is 15.7. The molecule has 1 unspecified atom stereocenters. The highest BCUT2D eigenvalue weighted by atomic mass is 28.3. The fraction of sp³-hybridized carbons (Fsp3) is 0.525. The highest BCUT2D eigenvalue weighted by Gasteiger charge is 2.49. The van der Waals surface area contributed by atoms with Crippen LogP contribution in [0.1, 0.15) is 193 Å². The van der Waals surface area contributed by atoms with Crippen molar-refractivity contribution in [3.8, 4) is 16.9 Å². The van der Waals surface area contributed by atoms with Crippen molar-refractivity contribution in [2.45, 2.75) is 195 Å². The van der Waals surface area contributed by atoms with Gasteiger partial charge in [-0.1, -0.05) is 201 Å². The normalized spacial score (nSPS) is 20.7. The minimum absolute atomic E-state index is 0.00421. The van der Waals surface area contributed by atoms with Crippen molar-refractivity contribution in [3.05, 3.63) is 134 Å². The summed E-state index contributed by atoms with van der Waals surface area (Å²) < 4.78 is 6.59. The average Bonchev–Trinajstić information content (AvgIpc) is 3.65. The van der Waals surface area contributed by atoms with Crippen LogP contribution in [0.2, 0.25) is 18.6 Å². The minimum Gasteiger partial charge on any atom is -0.496 e. The molecule has 0 radical (unpaired) electrons. The lowest BCUT2D eigenvalue weighted by molar-refractivity contribution is 0.399. The maximum atomic E-state index is 6.59. The molecule has 2 atom stereocenters. The lowest BCUT2D eigenvalue weighted by Gasteiger charge is -2.40. The first-order valence-electron chi connectivity index (χ1n) is 23.4. The molecule has 0 saturated carbocycles. The second-order valence-electron chi connectivity index (χ2n) is 25.0. The Morgan fingerprint density at radius 2 is 1.02 bits per heavy atom. The summed E-state index contributed by atoms with van der Waals surface area (Å²) in [4.78, 5) is 0. The standard InChI is InChI=1S/C59H82OSi/c1-36-24-22-23-25-45(39-29-41(55(4,5)6)33-42(30-39)56(7,8)9)46-27-37(2)53(48(46)26-36)61(20,21)54-38(3)28-47-49(54)35-50(59(16,17)18)52(60-19)51(47)40-31-43(57(10,11)12)34-44(32-40)58(13,14)15/h26-35,53-54H,1,22-25H2,2-21H3/b46-45+,48-26?/t53-,54?/m1/s1. The maximum absolute atomic E-state index is 6.59. The molecule has 0 N–H and O–H groups in total. The van der Waals surface area contributed by atoms with Crippen molar-refractivity contribution < 1.29 is 4.74 Å². The van der Waals surface area contributed by atoms with Crippen LogP contribution in [0.25, 0.3) is 22.8 Å². The summed E-state index contributed by atoms with van der Waals surface area (Å²) in [6.45, 7) is 50.3. The molecule has 0 spiro atoms. The van der Waals surface area contributed by atoms with Crippen LogP contribution in [0, 0.1) is 0 Å². The number of benzene rings is 3. The third kappa shape index (κ3) is 9.10. The molecule has 3 aliphatic rings. The zero-order chi connectivity index (χ0) is 45.6. The van der Waals surface area contributed by atoms with Crippen molar-refractivity contribution in [3.63, 3.8) is 0 Å². The fourth-order valence-electron chi connectivity index (χ4n) is 10.8. The molecular weight excluding hydrogens is 753 g/mol. The summed E-state index contributed by atoms with van der Waals surface area (Å²) in [7, 11) is -0.370. The average molecular weight is 835 g/mol. The Bertz CT molecular complexity index is 2300. The van der Waals surface area contributed by atoms with Gasteiger partial charge in [0.1, 0.15) is 5.75 Å². The molecule has 0 saturated heterocycles. The number of hydrogen-bond acceptors (Lipinski definition) is 1. The second-order valence-corrected chi connectivity index (χ2v) is 29.8. The van der Waals surface area contributed by atoms with E-state index in [-0.39, 0.29) is 27.1 Å². The Hall–Kier alpha value is -3.62. The lowest BCUT2D eigenvalue weighted by Crippen LogP contribution is -2.41. The van der Waals surface area contributed by atoms with Crippen LogP contribution < -0.4 is 4.74 Å². The Morgan fingerprint density at radius 1 is 0.557 bits per heavy atom. The molecule has 2 heteroatoms. The molecule has 61 heavy (non-hydrogen) atoms. The molecule has 1 nitrogen and oxygen atoms in total. The molecule has 0 heterocycles. The molecule has 6 rings (SSSR count). The van der Waals surface area contributed by atoms with Crippen molar-refractivity contribution in [1.82, 2.24) is 0 Å². The van der Waals surface area contributed by atoms with Gasteiger partial charge in [0, 0.05) is 22.2 Å². The molecule has 3 aliphatic carbocycles. The first-order valence-corrected chi connectivity index (χ1v) is 26.6. The zero-order valence-corrected chi connectivity index (χ0v) is 43.4. The van der Waals surface area contributed by atoms with Crippen molar-refractivity contribution >= 4 is 19.7 Å². The SMILES string of the molecule is C=C1C=C2/C(=C(/c3cc(C(C)(C)C)cc(C(C)(C)C)c3)CCCC1)C=C(C)[C@H]2[Si](C)(C)C1C(C)=Cc2c1cc(C(C)(C)C)c(OC)c2-c1cc(C(C)(C)C)cc(C(C)(C)C)c1. The topological polar surface area (TPSA) is 9.23 Å². The zero-order valence-electron chi connectivity index (χ0n) is 42.4. The summed E-state index contributed by atoms with van der Waals surface area (Å²) in [5.41, 5.74) is 23.2. The van der Waals surface area contributed by atoms with Crippen molar-refractivity contribution in [1.29, 1.82) is 0 Å². The Morgan fingerprint density at radius 3 is 1.48 bits per heavy atom. The highest BCUT2D eigenvalue weighted by Crippen LogP contribution is 2.59. The maximum Gasteiger partial charge on any atom is 0.131 e. The Labute approximate surface area is 375 Å². The van der Waals surface area contributed by atoms with Gasteiger partial charge in [-0.15, -0.1) is 0 Å². The first-order chi connectivity index (χ1) is 27.8. The van der Waals surface area contributed by atoms with Gasteiger partial charge in [0.15, 0.2) is 0 Å². The van der Waals surface area contributed by atoms with E-state index in [4.69, 9.17) is 11.3 Å². The summed E-state index contributed by atoms with van der Waals surface area (Å²) in [5.74, 6) is 1.02. The third-order valence-corrected chi connectivity index (χ3v) is 18.8. The van der Waals surface area contributed by atoms with Gasteiger partial charge in [0.2, 0.25) is 0 Å². The monoisotopic (exact) mass is 835 g/mol. The number of hydrogen-bond donors (Lipinski definition) is 0. The van der Waals surface area contributed by atoms with E-state index >= 15 is 0 Å². The highest BCUT2D eigenvalue weighted by molar-refractivity contribution is 6.82. The predicted molar refractivity (Wildman–Crippen MR) is 272 cm³/mol. The Kier molecular flexibility index (Phi) is 12.2. The molecule has 0 amide bonds. The molecule has 0 fully saturated rings. The number of rotatable bonds is 5. The predicted octanol–water partition coefficient (Wildman–Crippen LogP) is 17.4. The van der Waals surface area contributed by atoms with E-state index in [9.17, 15) is 0 Å². The summed E-state index contributed by atoms with van der Waals surface area (Å²) in [6, 6.07) is 17.5. The largest absolute Gasteiger partial charge is 0.496 e. The van der Waals surface area contributed by atoms with E-state index in [2.05, 4.69) is 191 Å². The minimum atomic E-state index is -2.26. The van der Waals surface area contributed by atoms with E-state index in [1.165, 1.54) is 102 Å². The summed E-state index contributed by atoms with van der Waals surface area (Å²) in [5, 5.41) is 0. The van der Waals surface area contributed by atoms with Gasteiger partial charge in [-0.05, 0) is 128 Å². The van der Waals surface area contributed by atoms with Crippen LogP contribution in [0.5, 0.6) is 5.75 Å². The van der Waals surface area contributed by atoms with Gasteiger partial charge in [-0.2, -0.15) is 0 Å². The Balaban J connectivity index is 1.62. The summed E-state index contributed by atoms with van der Waals surface area (Å²) in [6.07, 6.45) is 12.2. The summed E-state index contributed by atoms with van der Waals surface area (Å²) >= 11 is 0. The van der Waals surface area contributed by atoms with Gasteiger partial charge in [0.25, 0.3) is 0 Å². The molecule has 0 aliphatic heterocycles. The smallest absolute Gasteiger partial charge is 0.131 e. The van der Waals surface area contributed by atoms with Crippen LogP contribution in [0.15, 0.2) is 89.1 Å². The number of allylic oxidation sites excluding steroid dienone is 8. The van der Waals surface area contributed by atoms with Gasteiger partial charge in [-0.3, -0.25) is 0 Å². The van der Waals surface area contributed by atoms with Gasteiger partial charge >= 0.3 is 0 Å². The first kappa shape index (κ1) is 46.9. The van der Waals surface area contributed by atoms with E-state index in [0.717, 1.165) is 18.6 Å². The van der Waals surface area contributed by atoms with Crippen LogP contribution in [0.3, 0.4) is 0 Å². The number of fused-ring (bicyclic) bond motifs is 2. The molecule has 328 valence electrons. The van der Waals surface area contributed by atoms with E-state index in [1.807, 2.05) is 7.11 Å². The quantitative estimate of drug-likeness (QED) is 0.233. The number of methoxy groups -OCH3 is 1. The van der Waals surface area contributed by atoms with E-state index in [1.54, 1.807) is 0 Å². The molecule has 3 aromatic carbocycles. The second kappa shape index (κ2) is 15.9. The van der Waals surface area contributed by atoms with Gasteiger partial charge in [-0.25, -0.2) is 0 Å². The van der Waals surface area contributed by atoms with Gasteiger partial charge < -0.3 is 4.74 Å². The number of ether oxygens (including phenoxy) is 1.